The van der Waals surface area contributed by atoms with E-state index in [0.29, 0.717) is 13.2 Å². The van der Waals surface area contributed by atoms with Gasteiger partial charge in [-0.1, -0.05) is 0 Å². The van der Waals surface area contributed by atoms with Crippen LogP contribution in [0, 0.1) is 0 Å². The first-order valence-corrected chi connectivity index (χ1v) is 8.06. The summed E-state index contributed by atoms with van der Waals surface area (Å²) >= 11 is 0. The Morgan fingerprint density at radius 3 is 2.57 bits per heavy atom. The molecule has 0 aliphatic heterocycles. The van der Waals surface area contributed by atoms with Gasteiger partial charge in [0.25, 0.3) is 0 Å². The lowest BCUT2D eigenvalue weighted by molar-refractivity contribution is 0.0690. The van der Waals surface area contributed by atoms with Crippen molar-refractivity contribution < 1.29 is 9.47 Å². The first-order valence-electron chi connectivity index (χ1n) is 8.06. The van der Waals surface area contributed by atoms with E-state index in [-0.39, 0.29) is 24.0 Å². The second kappa shape index (κ2) is 16.1. The van der Waals surface area contributed by atoms with Crippen molar-refractivity contribution >= 4 is 29.9 Å². The zero-order valence-corrected chi connectivity index (χ0v) is 16.6. The van der Waals surface area contributed by atoms with Gasteiger partial charge in [-0.3, -0.25) is 4.99 Å². The fourth-order valence-corrected chi connectivity index (χ4v) is 1.92. The van der Waals surface area contributed by atoms with Crippen LogP contribution in [0.1, 0.15) is 19.8 Å². The van der Waals surface area contributed by atoms with Gasteiger partial charge in [-0.15, -0.1) is 24.0 Å². The smallest absolute Gasteiger partial charge is 0.191 e. The molecule has 134 valence electrons. The highest BCUT2D eigenvalue weighted by Crippen LogP contribution is 1.92. The number of hydrogen-bond donors (Lipinski definition) is 2. The minimum Gasteiger partial charge on any atom is -0.382 e. The molecule has 0 atom stereocenters. The summed E-state index contributed by atoms with van der Waals surface area (Å²) in [7, 11) is 1.68. The SMILES string of the molecule is CCNC(=NCCCCOCCOC)NCCn1cccc1.I. The molecule has 0 aliphatic rings. The van der Waals surface area contributed by atoms with Gasteiger partial charge in [0.1, 0.15) is 0 Å². The molecule has 0 aliphatic carbocycles. The van der Waals surface area contributed by atoms with Crippen molar-refractivity contribution in [3.8, 4) is 0 Å². The molecule has 0 unspecified atom stereocenters. The van der Waals surface area contributed by atoms with Crippen LogP contribution in [0.15, 0.2) is 29.5 Å². The number of halogens is 1. The molecule has 0 radical (unpaired) electrons. The molecule has 23 heavy (non-hydrogen) atoms. The Morgan fingerprint density at radius 1 is 1.09 bits per heavy atom. The van der Waals surface area contributed by atoms with Gasteiger partial charge >= 0.3 is 0 Å². The zero-order chi connectivity index (χ0) is 15.9. The first-order chi connectivity index (χ1) is 10.9. The molecule has 1 heterocycles. The van der Waals surface area contributed by atoms with Crippen LogP contribution in [-0.4, -0.2) is 57.1 Å². The Balaban J connectivity index is 0.00000484. The molecule has 0 bridgehead atoms. The predicted octanol–water partition coefficient (Wildman–Crippen LogP) is 2.10. The molecule has 1 rings (SSSR count). The number of methoxy groups -OCH3 is 1. The van der Waals surface area contributed by atoms with E-state index in [1.54, 1.807) is 7.11 Å². The summed E-state index contributed by atoms with van der Waals surface area (Å²) in [5, 5.41) is 6.61. The van der Waals surface area contributed by atoms with Crippen molar-refractivity contribution in [2.75, 3.05) is 46.6 Å². The van der Waals surface area contributed by atoms with E-state index in [1.165, 1.54) is 0 Å². The van der Waals surface area contributed by atoms with Gasteiger partial charge in [-0.2, -0.15) is 0 Å². The Kier molecular flexibility index (Phi) is 15.5. The highest BCUT2D eigenvalue weighted by molar-refractivity contribution is 14.0. The molecule has 7 heteroatoms. The first kappa shape index (κ1) is 22.2. The summed E-state index contributed by atoms with van der Waals surface area (Å²) in [6.45, 7) is 7.66. The number of unbranched alkanes of at least 4 members (excludes halogenated alkanes) is 1. The Hall–Kier alpha value is -0.800. The molecular weight excluding hydrogens is 407 g/mol. The van der Waals surface area contributed by atoms with Gasteiger partial charge in [-0.25, -0.2) is 0 Å². The number of hydrogen-bond acceptors (Lipinski definition) is 3. The van der Waals surface area contributed by atoms with Crippen LogP contribution in [0.5, 0.6) is 0 Å². The van der Waals surface area contributed by atoms with Crippen molar-refractivity contribution in [1.82, 2.24) is 15.2 Å². The zero-order valence-electron chi connectivity index (χ0n) is 14.3. The molecule has 2 N–H and O–H groups in total. The number of nitrogens with zero attached hydrogens (tertiary/aromatic N) is 2. The summed E-state index contributed by atoms with van der Waals surface area (Å²) in [5.41, 5.74) is 0. The Bertz CT molecular complexity index is 385. The van der Waals surface area contributed by atoms with Crippen LogP contribution in [-0.2, 0) is 16.0 Å². The number of rotatable bonds is 12. The molecule has 1 aromatic heterocycles. The third kappa shape index (κ3) is 12.3. The average molecular weight is 438 g/mol. The van der Waals surface area contributed by atoms with Gasteiger partial charge < -0.3 is 24.7 Å². The van der Waals surface area contributed by atoms with Crippen LogP contribution >= 0.6 is 24.0 Å². The van der Waals surface area contributed by atoms with E-state index in [9.17, 15) is 0 Å². The lowest BCUT2D eigenvalue weighted by atomic mass is 10.3. The molecule has 0 aromatic carbocycles. The Morgan fingerprint density at radius 2 is 1.87 bits per heavy atom. The molecular formula is C16H31IN4O2. The lowest BCUT2D eigenvalue weighted by Gasteiger charge is -2.11. The van der Waals surface area contributed by atoms with Crippen LogP contribution < -0.4 is 10.6 Å². The molecule has 0 saturated heterocycles. The number of aromatic nitrogens is 1. The van der Waals surface area contributed by atoms with E-state index >= 15 is 0 Å². The second-order valence-electron chi connectivity index (χ2n) is 4.92. The standard InChI is InChI=1S/C16H30N4O2.HI/c1-3-17-16(19-9-12-20-10-5-6-11-20)18-8-4-7-13-22-15-14-21-2;/h5-6,10-11H,3-4,7-9,12-15H2,1-2H3,(H2,17,18,19);1H. The molecule has 0 fully saturated rings. The van der Waals surface area contributed by atoms with Gasteiger partial charge in [0.05, 0.1) is 13.2 Å². The van der Waals surface area contributed by atoms with Gasteiger partial charge in [-0.05, 0) is 31.9 Å². The number of nitrogens with one attached hydrogen (secondary N) is 2. The minimum absolute atomic E-state index is 0. The topological polar surface area (TPSA) is 59.8 Å². The normalized spacial score (nSPS) is 11.1. The number of ether oxygens (including phenoxy) is 2. The van der Waals surface area contributed by atoms with Crippen LogP contribution in [0.2, 0.25) is 0 Å². The van der Waals surface area contributed by atoms with E-state index in [2.05, 4.69) is 39.5 Å². The highest BCUT2D eigenvalue weighted by Gasteiger charge is 1.97. The molecule has 0 amide bonds. The molecule has 1 aromatic rings. The third-order valence-corrected chi connectivity index (χ3v) is 3.07. The molecule has 0 saturated carbocycles. The van der Waals surface area contributed by atoms with E-state index < -0.39 is 0 Å². The van der Waals surface area contributed by atoms with Crippen LogP contribution in [0.3, 0.4) is 0 Å². The quantitative estimate of drug-likeness (QED) is 0.227. The van der Waals surface area contributed by atoms with Gasteiger partial charge in [0.2, 0.25) is 0 Å². The number of aliphatic imine (C=N–C) groups is 1. The van der Waals surface area contributed by atoms with E-state index in [4.69, 9.17) is 9.47 Å². The summed E-state index contributed by atoms with van der Waals surface area (Å²) < 4.78 is 12.5. The maximum Gasteiger partial charge on any atom is 0.191 e. The third-order valence-electron chi connectivity index (χ3n) is 3.07. The van der Waals surface area contributed by atoms with Gasteiger partial charge in [0.15, 0.2) is 5.96 Å². The second-order valence-corrected chi connectivity index (χ2v) is 4.92. The van der Waals surface area contributed by atoms with Crippen LogP contribution in [0.25, 0.3) is 0 Å². The average Bonchev–Trinajstić information content (AvgIpc) is 3.03. The van der Waals surface area contributed by atoms with Crippen molar-refractivity contribution in [3.05, 3.63) is 24.5 Å². The van der Waals surface area contributed by atoms with Crippen molar-refractivity contribution in [2.45, 2.75) is 26.3 Å². The fraction of sp³-hybridized carbons (Fsp3) is 0.688. The molecule has 6 nitrogen and oxygen atoms in total. The fourth-order valence-electron chi connectivity index (χ4n) is 1.92. The number of guanidine groups is 1. The molecule has 0 spiro atoms. The summed E-state index contributed by atoms with van der Waals surface area (Å²) in [6.07, 6.45) is 6.18. The predicted molar refractivity (Wildman–Crippen MR) is 106 cm³/mol. The van der Waals surface area contributed by atoms with Crippen molar-refractivity contribution in [3.63, 3.8) is 0 Å². The minimum atomic E-state index is 0. The maximum atomic E-state index is 5.43. The Labute approximate surface area is 157 Å². The summed E-state index contributed by atoms with van der Waals surface area (Å²) in [4.78, 5) is 4.57. The van der Waals surface area contributed by atoms with Crippen molar-refractivity contribution in [2.24, 2.45) is 4.99 Å². The van der Waals surface area contributed by atoms with Gasteiger partial charge in [0, 0.05) is 52.3 Å². The lowest BCUT2D eigenvalue weighted by Crippen LogP contribution is -2.38. The van der Waals surface area contributed by atoms with E-state index in [1.807, 2.05) is 12.1 Å². The van der Waals surface area contributed by atoms with E-state index in [0.717, 1.165) is 51.6 Å². The summed E-state index contributed by atoms with van der Waals surface area (Å²) in [6, 6.07) is 4.07. The highest BCUT2D eigenvalue weighted by atomic mass is 127. The van der Waals surface area contributed by atoms with Crippen molar-refractivity contribution in [1.29, 1.82) is 0 Å². The maximum absolute atomic E-state index is 5.43. The monoisotopic (exact) mass is 438 g/mol. The largest absolute Gasteiger partial charge is 0.382 e. The van der Waals surface area contributed by atoms with Crippen LogP contribution in [0.4, 0.5) is 0 Å². The summed E-state index contributed by atoms with van der Waals surface area (Å²) in [5.74, 6) is 0.884.